The Bertz CT molecular complexity index is 738. The van der Waals surface area contributed by atoms with Crippen LogP contribution in [0.2, 0.25) is 0 Å². The number of thiazole rings is 1. The van der Waals surface area contributed by atoms with Gasteiger partial charge >= 0.3 is 5.97 Å². The Kier molecular flexibility index (Phi) is 13.9. The predicted molar refractivity (Wildman–Crippen MR) is 132 cm³/mol. The third-order valence-electron chi connectivity index (χ3n) is 5.55. The lowest BCUT2D eigenvalue weighted by atomic mass is 9.98. The summed E-state index contributed by atoms with van der Waals surface area (Å²) in [5.41, 5.74) is 0.437. The van der Waals surface area contributed by atoms with E-state index >= 15 is 0 Å². The van der Waals surface area contributed by atoms with Crippen LogP contribution in [0.5, 0.6) is 0 Å². The molecule has 2 unspecified atom stereocenters. The van der Waals surface area contributed by atoms with Gasteiger partial charge in [0.05, 0.1) is 11.0 Å². The molecule has 0 saturated carbocycles. The largest absolute Gasteiger partial charge is 0.444 e. The van der Waals surface area contributed by atoms with E-state index in [1.807, 2.05) is 20.8 Å². The summed E-state index contributed by atoms with van der Waals surface area (Å²) in [4.78, 5) is 43.3. The molecule has 2 N–H and O–H groups in total. The van der Waals surface area contributed by atoms with Gasteiger partial charge in [-0.25, -0.2) is 4.98 Å². The number of ether oxygens (including phenoxy) is 1. The maximum atomic E-state index is 13.1. The first kappa shape index (κ1) is 29.0. The second-order valence-electron chi connectivity index (χ2n) is 8.82. The van der Waals surface area contributed by atoms with Crippen molar-refractivity contribution in [2.75, 3.05) is 26.9 Å². The van der Waals surface area contributed by atoms with Crippen molar-refractivity contribution < 1.29 is 19.1 Å². The second-order valence-corrected chi connectivity index (χ2v) is 9.76. The molecule has 9 heteroatoms. The second kappa shape index (κ2) is 15.8. The van der Waals surface area contributed by atoms with E-state index in [-0.39, 0.29) is 36.5 Å². The summed E-state index contributed by atoms with van der Waals surface area (Å²) in [6.45, 7) is 11.3. The van der Waals surface area contributed by atoms with Gasteiger partial charge in [0.15, 0.2) is 6.73 Å². The fraction of sp³-hybridized carbons (Fsp3) is 0.750. The number of carbonyl (C=O) groups excluding carboxylic acids is 3. The van der Waals surface area contributed by atoms with Crippen LogP contribution in [0.3, 0.4) is 0 Å². The van der Waals surface area contributed by atoms with Crippen LogP contribution in [0.1, 0.15) is 82.2 Å². The van der Waals surface area contributed by atoms with Gasteiger partial charge in [0.25, 0.3) is 5.91 Å². The van der Waals surface area contributed by atoms with E-state index < -0.39 is 0 Å². The van der Waals surface area contributed by atoms with Crippen LogP contribution in [-0.2, 0) is 20.7 Å². The number of hydrogen-bond acceptors (Lipinski definition) is 7. The van der Waals surface area contributed by atoms with E-state index in [0.717, 1.165) is 17.8 Å². The maximum Gasteiger partial charge on any atom is 0.307 e. The summed E-state index contributed by atoms with van der Waals surface area (Å²) in [5, 5.41) is 8.64. The number of rotatable bonds is 16. The van der Waals surface area contributed by atoms with E-state index in [1.165, 1.54) is 11.3 Å². The van der Waals surface area contributed by atoms with Gasteiger partial charge in [0, 0.05) is 31.3 Å². The fourth-order valence-electron chi connectivity index (χ4n) is 3.26. The van der Waals surface area contributed by atoms with Crippen molar-refractivity contribution in [2.45, 2.75) is 79.2 Å². The minimum Gasteiger partial charge on any atom is -0.444 e. The Morgan fingerprint density at radius 1 is 1.21 bits per heavy atom. The summed E-state index contributed by atoms with van der Waals surface area (Å²) in [6, 6.07) is -0.333. The van der Waals surface area contributed by atoms with Crippen molar-refractivity contribution in [1.29, 1.82) is 0 Å². The minimum atomic E-state index is -0.333. The molecule has 0 aliphatic rings. The highest BCUT2D eigenvalue weighted by atomic mass is 32.1. The summed E-state index contributed by atoms with van der Waals surface area (Å²) < 4.78 is 5.34. The zero-order valence-corrected chi connectivity index (χ0v) is 21.9. The Morgan fingerprint density at radius 2 is 1.94 bits per heavy atom. The first-order valence-corrected chi connectivity index (χ1v) is 13.0. The van der Waals surface area contributed by atoms with Gasteiger partial charge in [-0.1, -0.05) is 41.0 Å². The topological polar surface area (TPSA) is 101 Å². The van der Waals surface area contributed by atoms with Gasteiger partial charge < -0.3 is 20.3 Å². The molecular formula is C24H42N4O4S. The number of likely N-dealkylation sites (N-methyl/N-ethyl adjacent to an activating group) is 1. The first-order chi connectivity index (χ1) is 15.7. The van der Waals surface area contributed by atoms with Crippen LogP contribution >= 0.6 is 11.3 Å². The number of hydrogen-bond donors (Lipinski definition) is 2. The van der Waals surface area contributed by atoms with Gasteiger partial charge in [-0.05, 0) is 38.1 Å². The molecular weight excluding hydrogens is 440 g/mol. The molecule has 2 atom stereocenters. The quantitative estimate of drug-likeness (QED) is 0.276. The Hall–Kier alpha value is -2.00. The maximum absolute atomic E-state index is 13.1. The molecule has 188 valence electrons. The van der Waals surface area contributed by atoms with Gasteiger partial charge in [-0.15, -0.1) is 11.3 Å². The number of carbonyl (C=O) groups is 3. The standard InChI is InChI=1S/C24H42N4O4S/c1-7-10-21(29)32-16-28(24(31)22(25-6)18(5)8-2)14-9-11-20-27-19(15-33-20)23(30)26-13-12-17(3)4/h15,17-18,22,25H,7-14,16H2,1-6H3,(H,26,30). The molecule has 1 aromatic rings. The van der Waals surface area contributed by atoms with Crippen LogP contribution in [0, 0.1) is 11.8 Å². The highest BCUT2D eigenvalue weighted by Crippen LogP contribution is 2.15. The zero-order valence-electron chi connectivity index (χ0n) is 21.1. The van der Waals surface area contributed by atoms with E-state index in [2.05, 4.69) is 29.5 Å². The van der Waals surface area contributed by atoms with Crippen molar-refractivity contribution in [1.82, 2.24) is 20.5 Å². The van der Waals surface area contributed by atoms with Gasteiger partial charge in [0.1, 0.15) is 5.69 Å². The summed E-state index contributed by atoms with van der Waals surface area (Å²) in [5.74, 6) is 0.176. The molecule has 0 saturated heterocycles. The van der Waals surface area contributed by atoms with Gasteiger partial charge in [-0.2, -0.15) is 0 Å². The minimum absolute atomic E-state index is 0.0480. The molecule has 0 aliphatic heterocycles. The van der Waals surface area contributed by atoms with Gasteiger partial charge in [0.2, 0.25) is 5.91 Å². The molecule has 0 aliphatic carbocycles. The van der Waals surface area contributed by atoms with Crippen molar-refractivity contribution in [2.24, 2.45) is 11.8 Å². The fourth-order valence-corrected chi connectivity index (χ4v) is 4.09. The highest BCUT2D eigenvalue weighted by molar-refractivity contribution is 7.09. The molecule has 0 radical (unpaired) electrons. The Labute approximate surface area is 202 Å². The molecule has 0 fully saturated rings. The van der Waals surface area contributed by atoms with E-state index in [1.54, 1.807) is 17.3 Å². The smallest absolute Gasteiger partial charge is 0.307 e. The number of esters is 1. The number of nitrogens with one attached hydrogen (secondary N) is 2. The van der Waals surface area contributed by atoms with Crippen molar-refractivity contribution in [3.05, 3.63) is 16.1 Å². The average molecular weight is 483 g/mol. The molecule has 8 nitrogen and oxygen atoms in total. The average Bonchev–Trinajstić information content (AvgIpc) is 3.25. The molecule has 1 rings (SSSR count). The number of aromatic nitrogens is 1. The molecule has 2 amide bonds. The van der Waals surface area contributed by atoms with E-state index in [9.17, 15) is 14.4 Å². The molecule has 1 aromatic heterocycles. The van der Waals surface area contributed by atoms with Crippen molar-refractivity contribution in [3.63, 3.8) is 0 Å². The lowest BCUT2D eigenvalue weighted by Gasteiger charge is -2.29. The Balaban J connectivity index is 2.69. The summed E-state index contributed by atoms with van der Waals surface area (Å²) >= 11 is 1.45. The van der Waals surface area contributed by atoms with E-state index in [4.69, 9.17) is 4.74 Å². The number of nitrogens with zero attached hydrogens (tertiary/aromatic N) is 2. The molecule has 33 heavy (non-hydrogen) atoms. The van der Waals surface area contributed by atoms with Gasteiger partial charge in [-0.3, -0.25) is 14.4 Å². The molecule has 1 heterocycles. The lowest BCUT2D eigenvalue weighted by Crippen LogP contribution is -2.49. The van der Waals surface area contributed by atoms with Crippen LogP contribution in [0.15, 0.2) is 5.38 Å². The number of amides is 2. The summed E-state index contributed by atoms with van der Waals surface area (Å²) in [6.07, 6.45) is 4.14. The van der Waals surface area contributed by atoms with E-state index in [0.29, 0.717) is 50.4 Å². The first-order valence-electron chi connectivity index (χ1n) is 12.1. The van der Waals surface area contributed by atoms with Crippen LogP contribution in [0.25, 0.3) is 0 Å². The van der Waals surface area contributed by atoms with Crippen LogP contribution in [-0.4, -0.2) is 60.6 Å². The van der Waals surface area contributed by atoms with Crippen molar-refractivity contribution >= 4 is 29.1 Å². The number of aryl methyl sites for hydroxylation is 1. The highest BCUT2D eigenvalue weighted by Gasteiger charge is 2.27. The SMILES string of the molecule is CCCC(=O)OCN(CCCc1nc(C(=O)NCCC(C)C)cs1)C(=O)C(NC)C(C)CC. The Morgan fingerprint density at radius 3 is 2.55 bits per heavy atom. The third kappa shape index (κ3) is 10.6. The predicted octanol–water partition coefficient (Wildman–Crippen LogP) is 3.62. The molecule has 0 aromatic carbocycles. The normalized spacial score (nSPS) is 12.9. The molecule has 0 bridgehead atoms. The zero-order chi connectivity index (χ0) is 24.8. The lowest BCUT2D eigenvalue weighted by molar-refractivity contribution is -0.154. The molecule has 0 spiro atoms. The van der Waals surface area contributed by atoms with Crippen LogP contribution < -0.4 is 10.6 Å². The summed E-state index contributed by atoms with van der Waals surface area (Å²) in [7, 11) is 1.78. The van der Waals surface area contributed by atoms with Crippen LogP contribution in [0.4, 0.5) is 0 Å². The third-order valence-corrected chi connectivity index (χ3v) is 6.46. The monoisotopic (exact) mass is 482 g/mol. The van der Waals surface area contributed by atoms with Crippen molar-refractivity contribution in [3.8, 4) is 0 Å².